The van der Waals surface area contributed by atoms with Crippen LogP contribution < -0.4 is 5.32 Å². The molecule has 120 valence electrons. The van der Waals surface area contributed by atoms with E-state index >= 15 is 0 Å². The van der Waals surface area contributed by atoms with Crippen molar-refractivity contribution in [3.8, 4) is 11.1 Å². The quantitative estimate of drug-likeness (QED) is 0.672. The molecule has 1 heterocycles. The first kappa shape index (κ1) is 13.9. The summed E-state index contributed by atoms with van der Waals surface area (Å²) in [5, 5.41) is 13.4. The zero-order chi connectivity index (χ0) is 17.3. The highest BCUT2D eigenvalue weighted by molar-refractivity contribution is 6.28. The van der Waals surface area contributed by atoms with Crippen LogP contribution in [0.3, 0.4) is 0 Å². The van der Waals surface area contributed by atoms with Gasteiger partial charge in [-0.25, -0.2) is 0 Å². The van der Waals surface area contributed by atoms with Crippen molar-refractivity contribution in [3.63, 3.8) is 0 Å². The van der Waals surface area contributed by atoms with Crippen LogP contribution in [-0.4, -0.2) is 22.9 Å². The molecule has 0 radical (unpaired) electrons. The third-order valence-electron chi connectivity index (χ3n) is 4.99. The van der Waals surface area contributed by atoms with E-state index in [1.54, 1.807) is 36.4 Å². The fourth-order valence-corrected chi connectivity index (χ4v) is 3.96. The van der Waals surface area contributed by atoms with Gasteiger partial charge in [0.2, 0.25) is 0 Å². The number of carboxylic acids is 1. The van der Waals surface area contributed by atoms with Gasteiger partial charge in [-0.2, -0.15) is 0 Å². The van der Waals surface area contributed by atoms with Crippen molar-refractivity contribution < 1.29 is 19.5 Å². The van der Waals surface area contributed by atoms with Crippen molar-refractivity contribution in [1.82, 2.24) is 5.32 Å². The Morgan fingerprint density at radius 2 is 1.72 bits per heavy atom. The van der Waals surface area contributed by atoms with Gasteiger partial charge in [-0.15, -0.1) is 0 Å². The minimum absolute atomic E-state index is 0.376. The average Bonchev–Trinajstić information content (AvgIpc) is 2.84. The molecule has 3 aromatic carbocycles. The fourth-order valence-electron chi connectivity index (χ4n) is 3.96. The van der Waals surface area contributed by atoms with Gasteiger partial charge in [0, 0.05) is 10.9 Å². The van der Waals surface area contributed by atoms with Crippen LogP contribution in [0.15, 0.2) is 48.5 Å². The summed E-state index contributed by atoms with van der Waals surface area (Å²) >= 11 is 0. The Kier molecular flexibility index (Phi) is 2.53. The van der Waals surface area contributed by atoms with E-state index in [-0.39, 0.29) is 0 Å². The summed E-state index contributed by atoms with van der Waals surface area (Å²) in [4.78, 5) is 36.8. The zero-order valence-electron chi connectivity index (χ0n) is 12.9. The predicted molar refractivity (Wildman–Crippen MR) is 90.7 cm³/mol. The number of imide groups is 1. The number of fused-ring (bicyclic) bond motifs is 2. The van der Waals surface area contributed by atoms with Crippen LogP contribution in [0.4, 0.5) is 0 Å². The third kappa shape index (κ3) is 1.69. The van der Waals surface area contributed by atoms with Crippen LogP contribution >= 0.6 is 0 Å². The summed E-state index contributed by atoms with van der Waals surface area (Å²) in [5.41, 5.74) is 3.43. The second-order valence-corrected chi connectivity index (χ2v) is 6.30. The molecule has 2 N–H and O–H groups in total. The third-order valence-corrected chi connectivity index (χ3v) is 4.99. The van der Waals surface area contributed by atoms with Gasteiger partial charge >= 0.3 is 5.97 Å². The van der Waals surface area contributed by atoms with E-state index in [4.69, 9.17) is 0 Å². The molecule has 0 saturated heterocycles. The number of aliphatic carboxylic acids is 1. The number of carbonyl (C=O) groups excluding carboxylic acids is 2. The molecule has 25 heavy (non-hydrogen) atoms. The van der Waals surface area contributed by atoms with E-state index in [0.717, 1.165) is 5.56 Å². The monoisotopic (exact) mass is 329 g/mol. The van der Waals surface area contributed by atoms with E-state index in [1.807, 2.05) is 12.1 Å². The molecule has 1 atom stereocenters. The van der Waals surface area contributed by atoms with Gasteiger partial charge in [-0.1, -0.05) is 36.4 Å². The Morgan fingerprint density at radius 1 is 0.960 bits per heavy atom. The molecule has 2 aliphatic carbocycles. The molecule has 1 unspecified atom stereocenters. The maximum Gasteiger partial charge on any atom is 0.315 e. The van der Waals surface area contributed by atoms with E-state index in [2.05, 4.69) is 5.32 Å². The molecule has 2 bridgehead atoms. The summed E-state index contributed by atoms with van der Waals surface area (Å²) in [6, 6.07) is 14.2. The van der Waals surface area contributed by atoms with Gasteiger partial charge in [0.1, 0.15) is 5.92 Å². The normalized spacial score (nSPS) is 17.2. The maximum absolute atomic E-state index is 12.7. The van der Waals surface area contributed by atoms with Gasteiger partial charge in [-0.05, 0) is 39.8 Å². The second-order valence-electron chi connectivity index (χ2n) is 6.30. The number of carbonyl (C=O) groups is 3. The Labute approximate surface area is 141 Å². The SMILES string of the molecule is O=C1NC(=O)c2c3c(cc4cccc1c24)C(C(=O)O)c1ccc-3cc1. The van der Waals surface area contributed by atoms with Gasteiger partial charge in [0.15, 0.2) is 0 Å². The predicted octanol–water partition coefficient (Wildman–Crippen LogP) is 2.92. The second kappa shape index (κ2) is 4.54. The summed E-state index contributed by atoms with van der Waals surface area (Å²) in [7, 11) is 0. The van der Waals surface area contributed by atoms with Gasteiger partial charge in [0.05, 0.1) is 5.56 Å². The molecule has 5 nitrogen and oxygen atoms in total. The van der Waals surface area contributed by atoms with Crippen LogP contribution in [0.2, 0.25) is 0 Å². The van der Waals surface area contributed by atoms with Crippen LogP contribution in [-0.2, 0) is 4.79 Å². The van der Waals surface area contributed by atoms with Crippen LogP contribution in [0.25, 0.3) is 21.9 Å². The first-order valence-electron chi connectivity index (χ1n) is 7.84. The van der Waals surface area contributed by atoms with Crippen LogP contribution in [0, 0.1) is 0 Å². The summed E-state index contributed by atoms with van der Waals surface area (Å²) in [5.74, 6) is -2.73. The Bertz CT molecular complexity index is 1130. The van der Waals surface area contributed by atoms with Gasteiger partial charge in [-0.3, -0.25) is 19.7 Å². The lowest BCUT2D eigenvalue weighted by Crippen LogP contribution is -2.35. The smallest absolute Gasteiger partial charge is 0.315 e. The molecule has 0 saturated carbocycles. The molecule has 0 aromatic heterocycles. The van der Waals surface area contributed by atoms with Crippen molar-refractivity contribution in [3.05, 3.63) is 70.8 Å². The van der Waals surface area contributed by atoms with E-state index in [0.29, 0.717) is 38.6 Å². The number of benzene rings is 3. The van der Waals surface area contributed by atoms with E-state index < -0.39 is 23.7 Å². The molecular weight excluding hydrogens is 318 g/mol. The fraction of sp³-hybridized carbons (Fsp3) is 0.0500. The average molecular weight is 329 g/mol. The van der Waals surface area contributed by atoms with E-state index in [9.17, 15) is 19.5 Å². The zero-order valence-corrected chi connectivity index (χ0v) is 12.9. The largest absolute Gasteiger partial charge is 0.481 e. The molecule has 5 heteroatoms. The topological polar surface area (TPSA) is 83.5 Å². The Morgan fingerprint density at radius 3 is 2.44 bits per heavy atom. The molecule has 2 amide bonds. The number of hydrogen-bond acceptors (Lipinski definition) is 3. The highest BCUT2D eigenvalue weighted by atomic mass is 16.4. The first-order chi connectivity index (χ1) is 12.1. The lowest BCUT2D eigenvalue weighted by Gasteiger charge is -2.23. The Hall–Kier alpha value is -3.47. The lowest BCUT2D eigenvalue weighted by atomic mass is 9.82. The standard InChI is InChI=1S/C20H11NO4/c22-18-12-3-1-2-11-8-13-14(17(15(11)12)19(23)21-18)9-4-6-10(7-5-9)16(13)20(24)25/h1-8,16H,(H,24,25)(H,21,22,23). The van der Waals surface area contributed by atoms with Crippen molar-refractivity contribution in [2.45, 2.75) is 5.92 Å². The lowest BCUT2D eigenvalue weighted by molar-refractivity contribution is -0.137. The molecule has 1 aliphatic heterocycles. The minimum atomic E-state index is -0.969. The molecule has 0 fully saturated rings. The maximum atomic E-state index is 12.7. The number of nitrogens with one attached hydrogen (secondary N) is 1. The summed E-state index contributed by atoms with van der Waals surface area (Å²) < 4.78 is 0. The highest BCUT2D eigenvalue weighted by Crippen LogP contribution is 2.44. The Balaban J connectivity index is 2.03. The molecular formula is C20H11NO4. The van der Waals surface area contributed by atoms with Crippen molar-refractivity contribution in [2.24, 2.45) is 0 Å². The highest BCUT2D eigenvalue weighted by Gasteiger charge is 2.35. The van der Waals surface area contributed by atoms with Crippen LogP contribution in [0.1, 0.15) is 37.8 Å². The van der Waals surface area contributed by atoms with Crippen molar-refractivity contribution in [1.29, 1.82) is 0 Å². The van der Waals surface area contributed by atoms with Crippen molar-refractivity contribution >= 4 is 28.6 Å². The van der Waals surface area contributed by atoms with Crippen LogP contribution in [0.5, 0.6) is 0 Å². The molecule has 0 spiro atoms. The number of hydrogen-bond donors (Lipinski definition) is 2. The summed E-state index contributed by atoms with van der Waals surface area (Å²) in [6.45, 7) is 0. The first-order valence-corrected chi connectivity index (χ1v) is 7.84. The number of rotatable bonds is 1. The van der Waals surface area contributed by atoms with Gasteiger partial charge in [0.25, 0.3) is 11.8 Å². The molecule has 3 aromatic rings. The summed E-state index contributed by atoms with van der Waals surface area (Å²) in [6.07, 6.45) is 0. The minimum Gasteiger partial charge on any atom is -0.481 e. The number of amides is 2. The van der Waals surface area contributed by atoms with Gasteiger partial charge < -0.3 is 5.11 Å². The van der Waals surface area contributed by atoms with E-state index in [1.165, 1.54) is 0 Å². The number of carboxylic acid groups (broad SMARTS) is 1. The molecule has 6 rings (SSSR count). The molecule has 3 aliphatic rings. The van der Waals surface area contributed by atoms with Crippen molar-refractivity contribution in [2.75, 3.05) is 0 Å².